The van der Waals surface area contributed by atoms with Gasteiger partial charge in [-0.2, -0.15) is 5.26 Å². The molecule has 0 fully saturated rings. The van der Waals surface area contributed by atoms with Gasteiger partial charge in [0, 0.05) is 18.3 Å². The summed E-state index contributed by atoms with van der Waals surface area (Å²) in [6, 6.07) is 12.0. The number of nitro groups is 2. The average molecular weight is 418 g/mol. The number of aromatic nitrogens is 3. The molecule has 0 saturated heterocycles. The zero-order chi connectivity index (χ0) is 22.0. The van der Waals surface area contributed by atoms with Crippen LogP contribution in [0.3, 0.4) is 0 Å². The van der Waals surface area contributed by atoms with Gasteiger partial charge < -0.3 is 10.6 Å². The van der Waals surface area contributed by atoms with Crippen molar-refractivity contribution in [1.82, 2.24) is 15.3 Å². The molecule has 4 aromatic rings. The summed E-state index contributed by atoms with van der Waals surface area (Å²) in [4.78, 5) is 25.5. The predicted molar refractivity (Wildman–Crippen MR) is 107 cm³/mol. The summed E-state index contributed by atoms with van der Waals surface area (Å²) in [5, 5.41) is 45.2. The third kappa shape index (κ3) is 3.63. The first kappa shape index (κ1) is 19.2. The van der Waals surface area contributed by atoms with E-state index in [4.69, 9.17) is 4.63 Å². The number of nitriles is 1. The van der Waals surface area contributed by atoms with Crippen LogP contribution in [0.5, 0.6) is 0 Å². The standard InChI is InChI=1S/C18H10N8O5/c19-9-10-7-11(25(27)28)4-5-12(10)21-13-8-14(22-15-3-1-2-6-20-15)18(26(29)30)17-16(13)23-31-24-17/h1-8,21H,(H,20,22). The van der Waals surface area contributed by atoms with Crippen LogP contribution in [0.2, 0.25) is 0 Å². The summed E-state index contributed by atoms with van der Waals surface area (Å²) in [5.74, 6) is 0.348. The van der Waals surface area contributed by atoms with Crippen LogP contribution in [0.4, 0.5) is 34.3 Å². The second-order valence-corrected chi connectivity index (χ2v) is 6.10. The van der Waals surface area contributed by atoms with E-state index in [0.717, 1.165) is 6.07 Å². The molecule has 0 spiro atoms. The van der Waals surface area contributed by atoms with E-state index >= 15 is 0 Å². The summed E-state index contributed by atoms with van der Waals surface area (Å²) in [7, 11) is 0. The molecule has 2 aromatic heterocycles. The molecule has 0 bridgehead atoms. The van der Waals surface area contributed by atoms with Crippen molar-refractivity contribution in [1.29, 1.82) is 5.26 Å². The van der Waals surface area contributed by atoms with Gasteiger partial charge in [-0.25, -0.2) is 9.61 Å². The molecule has 2 aromatic carbocycles. The highest BCUT2D eigenvalue weighted by atomic mass is 16.6. The van der Waals surface area contributed by atoms with Gasteiger partial charge in [0.1, 0.15) is 17.6 Å². The van der Waals surface area contributed by atoms with Crippen LogP contribution in [0.25, 0.3) is 11.0 Å². The van der Waals surface area contributed by atoms with Gasteiger partial charge in [0.2, 0.25) is 5.52 Å². The topological polar surface area (TPSA) is 186 Å². The Bertz CT molecular complexity index is 1360. The highest BCUT2D eigenvalue weighted by Crippen LogP contribution is 2.39. The van der Waals surface area contributed by atoms with Crippen LogP contribution < -0.4 is 10.6 Å². The van der Waals surface area contributed by atoms with E-state index in [1.165, 1.54) is 24.4 Å². The molecule has 2 heterocycles. The van der Waals surface area contributed by atoms with Gasteiger partial charge in [0.25, 0.3) is 5.69 Å². The lowest BCUT2D eigenvalue weighted by atomic mass is 10.1. The van der Waals surface area contributed by atoms with Gasteiger partial charge in [-0.3, -0.25) is 20.2 Å². The third-order valence-electron chi connectivity index (χ3n) is 4.23. The van der Waals surface area contributed by atoms with E-state index in [1.807, 2.05) is 6.07 Å². The number of benzene rings is 2. The third-order valence-corrected chi connectivity index (χ3v) is 4.23. The van der Waals surface area contributed by atoms with E-state index in [2.05, 4.69) is 25.9 Å². The smallest absolute Gasteiger partial charge is 0.324 e. The lowest BCUT2D eigenvalue weighted by Gasteiger charge is -2.12. The maximum absolute atomic E-state index is 11.7. The van der Waals surface area contributed by atoms with E-state index < -0.39 is 9.85 Å². The number of rotatable bonds is 6. The molecule has 0 unspecified atom stereocenters. The molecule has 0 radical (unpaired) electrons. The number of hydrogen-bond donors (Lipinski definition) is 2. The Balaban J connectivity index is 1.85. The van der Waals surface area contributed by atoms with Gasteiger partial charge in [-0.1, -0.05) is 6.07 Å². The molecule has 31 heavy (non-hydrogen) atoms. The van der Waals surface area contributed by atoms with E-state index in [0.29, 0.717) is 5.82 Å². The first-order valence-electron chi connectivity index (χ1n) is 8.55. The Morgan fingerprint density at radius 3 is 2.42 bits per heavy atom. The van der Waals surface area contributed by atoms with E-state index in [-0.39, 0.29) is 45.0 Å². The minimum absolute atomic E-state index is 0.00334. The number of anilines is 4. The maximum Gasteiger partial charge on any atom is 0.324 e. The zero-order valence-corrected chi connectivity index (χ0v) is 15.3. The largest absolute Gasteiger partial charge is 0.352 e. The number of nitro benzene ring substituents is 2. The van der Waals surface area contributed by atoms with Crippen molar-refractivity contribution in [3.8, 4) is 6.07 Å². The van der Waals surface area contributed by atoms with Crippen LogP contribution >= 0.6 is 0 Å². The first-order valence-corrected chi connectivity index (χ1v) is 8.55. The average Bonchev–Trinajstić information content (AvgIpc) is 3.24. The van der Waals surface area contributed by atoms with Crippen molar-refractivity contribution in [3.05, 3.63) is 74.5 Å². The highest BCUT2D eigenvalue weighted by Gasteiger charge is 2.26. The Kier molecular flexibility index (Phi) is 4.78. The summed E-state index contributed by atoms with van der Waals surface area (Å²) < 4.78 is 4.70. The fraction of sp³-hybridized carbons (Fsp3) is 0. The SMILES string of the molecule is N#Cc1cc([N+](=O)[O-])ccc1Nc1cc(Nc2ccccn2)c([N+](=O)[O-])c2nonc12. The Morgan fingerprint density at radius 2 is 1.74 bits per heavy atom. The second-order valence-electron chi connectivity index (χ2n) is 6.10. The fourth-order valence-electron chi connectivity index (χ4n) is 2.87. The normalized spacial score (nSPS) is 10.4. The number of nitrogens with zero attached hydrogens (tertiary/aromatic N) is 6. The Morgan fingerprint density at radius 1 is 0.935 bits per heavy atom. The molecular weight excluding hydrogens is 408 g/mol. The maximum atomic E-state index is 11.7. The molecule has 13 heteroatoms. The van der Waals surface area contributed by atoms with Crippen molar-refractivity contribution in [3.63, 3.8) is 0 Å². The van der Waals surface area contributed by atoms with Gasteiger partial charge in [0.05, 0.1) is 26.8 Å². The summed E-state index contributed by atoms with van der Waals surface area (Å²) in [5.41, 5.74) is -0.213. The number of nitrogens with one attached hydrogen (secondary N) is 2. The van der Waals surface area contributed by atoms with Crippen molar-refractivity contribution in [2.24, 2.45) is 0 Å². The van der Waals surface area contributed by atoms with Crippen LogP contribution in [0.1, 0.15) is 5.56 Å². The van der Waals surface area contributed by atoms with E-state index in [9.17, 15) is 25.5 Å². The Hall–Kier alpha value is -5.12. The fourth-order valence-corrected chi connectivity index (χ4v) is 2.87. The predicted octanol–water partition coefficient (Wildman–Crippen LogP) is 3.79. The number of fused-ring (bicyclic) bond motifs is 1. The second kappa shape index (κ2) is 7.72. The molecule has 0 atom stereocenters. The van der Waals surface area contributed by atoms with Crippen LogP contribution in [-0.2, 0) is 0 Å². The summed E-state index contributed by atoms with van der Waals surface area (Å²) in [6.45, 7) is 0. The summed E-state index contributed by atoms with van der Waals surface area (Å²) in [6.07, 6.45) is 1.51. The molecule has 4 rings (SSSR count). The quantitative estimate of drug-likeness (QED) is 0.342. The lowest BCUT2D eigenvalue weighted by Crippen LogP contribution is -2.02. The van der Waals surface area contributed by atoms with Gasteiger partial charge >= 0.3 is 5.69 Å². The van der Waals surface area contributed by atoms with Crippen molar-refractivity contribution >= 4 is 45.3 Å². The van der Waals surface area contributed by atoms with Crippen molar-refractivity contribution in [2.75, 3.05) is 10.6 Å². The summed E-state index contributed by atoms with van der Waals surface area (Å²) >= 11 is 0. The monoisotopic (exact) mass is 418 g/mol. The molecule has 0 aliphatic carbocycles. The molecule has 0 amide bonds. The molecule has 0 saturated carbocycles. The minimum Gasteiger partial charge on any atom is -0.352 e. The van der Waals surface area contributed by atoms with Gasteiger partial charge in [-0.15, -0.1) is 0 Å². The lowest BCUT2D eigenvalue weighted by molar-refractivity contribution is -0.384. The number of pyridine rings is 1. The van der Waals surface area contributed by atoms with Crippen LogP contribution in [-0.4, -0.2) is 25.1 Å². The molecule has 0 aliphatic rings. The van der Waals surface area contributed by atoms with Gasteiger partial charge in [0.15, 0.2) is 5.52 Å². The minimum atomic E-state index is -0.631. The van der Waals surface area contributed by atoms with Gasteiger partial charge in [-0.05, 0) is 34.6 Å². The highest BCUT2D eigenvalue weighted by molar-refractivity contribution is 6.01. The van der Waals surface area contributed by atoms with Crippen LogP contribution in [0.15, 0.2) is 53.3 Å². The zero-order valence-electron chi connectivity index (χ0n) is 15.3. The van der Waals surface area contributed by atoms with Crippen LogP contribution in [0, 0.1) is 31.6 Å². The van der Waals surface area contributed by atoms with Crippen molar-refractivity contribution in [2.45, 2.75) is 0 Å². The first-order chi connectivity index (χ1) is 15.0. The van der Waals surface area contributed by atoms with Crippen molar-refractivity contribution < 1.29 is 14.5 Å². The molecule has 2 N–H and O–H groups in total. The molecule has 0 aliphatic heterocycles. The number of hydrogen-bond acceptors (Lipinski definition) is 11. The number of non-ortho nitro benzene ring substituents is 1. The Labute approximate surface area is 172 Å². The van der Waals surface area contributed by atoms with E-state index in [1.54, 1.807) is 18.2 Å². The molecular formula is C18H10N8O5. The molecule has 152 valence electrons. The molecule has 13 nitrogen and oxygen atoms in total.